The summed E-state index contributed by atoms with van der Waals surface area (Å²) in [6, 6.07) is 3.68. The van der Waals surface area contributed by atoms with Crippen molar-refractivity contribution in [3.8, 4) is 5.75 Å². The molecule has 1 atom stereocenters. The Bertz CT molecular complexity index is 421. The van der Waals surface area contributed by atoms with E-state index in [1.165, 1.54) is 0 Å². The summed E-state index contributed by atoms with van der Waals surface area (Å²) in [5.41, 5.74) is 0. The molecule has 0 radical (unpaired) electrons. The third-order valence-corrected chi connectivity index (χ3v) is 3.74. The highest BCUT2D eigenvalue weighted by molar-refractivity contribution is 6.43. The van der Waals surface area contributed by atoms with Gasteiger partial charge in [-0.3, -0.25) is 0 Å². The molecule has 1 aromatic rings. The van der Waals surface area contributed by atoms with Crippen molar-refractivity contribution in [1.82, 2.24) is 5.32 Å². The van der Waals surface area contributed by atoms with Crippen molar-refractivity contribution >= 4 is 34.8 Å². The highest BCUT2D eigenvalue weighted by Gasteiger charge is 2.18. The average Bonchev–Trinajstić information content (AvgIpc) is 2.30. The largest absolute Gasteiger partial charge is 0.487 e. The fourth-order valence-corrected chi connectivity index (χ4v) is 2.10. The first-order valence-electron chi connectivity index (χ1n) is 6.35. The molecule has 5 heteroatoms. The van der Waals surface area contributed by atoms with Crippen LogP contribution in [0.15, 0.2) is 12.1 Å². The van der Waals surface area contributed by atoms with Gasteiger partial charge in [0.05, 0.1) is 15.1 Å². The van der Waals surface area contributed by atoms with Gasteiger partial charge < -0.3 is 10.1 Å². The van der Waals surface area contributed by atoms with Crippen LogP contribution in [0.3, 0.4) is 0 Å². The van der Waals surface area contributed by atoms with Gasteiger partial charge in [0.25, 0.3) is 0 Å². The molecule has 0 aromatic heterocycles. The van der Waals surface area contributed by atoms with E-state index in [0.29, 0.717) is 32.8 Å². The monoisotopic (exact) mass is 323 g/mol. The maximum atomic E-state index is 6.12. The molecule has 0 amide bonds. The van der Waals surface area contributed by atoms with E-state index in [1.807, 2.05) is 0 Å². The smallest absolute Gasteiger partial charge is 0.139 e. The van der Waals surface area contributed by atoms with Gasteiger partial charge in [0, 0.05) is 18.7 Å². The van der Waals surface area contributed by atoms with Gasteiger partial charge in [-0.25, -0.2) is 0 Å². The highest BCUT2D eigenvalue weighted by Crippen LogP contribution is 2.34. The molecule has 0 aliphatic carbocycles. The normalized spacial score (nSPS) is 13.1. The molecule has 19 heavy (non-hydrogen) atoms. The van der Waals surface area contributed by atoms with Gasteiger partial charge in [-0.1, -0.05) is 62.5 Å². The van der Waals surface area contributed by atoms with E-state index in [9.17, 15) is 0 Å². The average molecular weight is 325 g/mol. The zero-order valence-electron chi connectivity index (χ0n) is 11.6. The number of halogens is 3. The molecule has 0 aliphatic rings. The Morgan fingerprint density at radius 1 is 1.00 bits per heavy atom. The zero-order valence-corrected chi connectivity index (χ0v) is 13.9. The van der Waals surface area contributed by atoms with Gasteiger partial charge in [0.15, 0.2) is 0 Å². The van der Waals surface area contributed by atoms with Gasteiger partial charge >= 0.3 is 0 Å². The molecule has 0 aliphatic heterocycles. The highest BCUT2D eigenvalue weighted by atomic mass is 35.5. The van der Waals surface area contributed by atoms with Crippen LogP contribution >= 0.6 is 34.8 Å². The van der Waals surface area contributed by atoms with Crippen LogP contribution in [0, 0.1) is 5.92 Å². The molecular weight excluding hydrogens is 305 g/mol. The lowest BCUT2D eigenvalue weighted by Gasteiger charge is -2.25. The fourth-order valence-electron chi connectivity index (χ4n) is 1.52. The number of hydrogen-bond donors (Lipinski definition) is 1. The van der Waals surface area contributed by atoms with Crippen LogP contribution < -0.4 is 10.1 Å². The van der Waals surface area contributed by atoms with E-state index in [-0.39, 0.29) is 6.10 Å². The summed E-state index contributed by atoms with van der Waals surface area (Å²) in [7, 11) is 0. The first-order chi connectivity index (χ1) is 8.81. The lowest BCUT2D eigenvalue weighted by atomic mass is 10.1. The Balaban J connectivity index is 2.81. The van der Waals surface area contributed by atoms with E-state index >= 15 is 0 Å². The summed E-state index contributed by atoms with van der Waals surface area (Å²) in [6.07, 6.45) is 0.0251. The second-order valence-electron chi connectivity index (χ2n) is 5.16. The van der Waals surface area contributed by atoms with Crippen molar-refractivity contribution in [3.63, 3.8) is 0 Å². The molecule has 0 saturated heterocycles. The Morgan fingerprint density at radius 2 is 1.58 bits per heavy atom. The van der Waals surface area contributed by atoms with E-state index in [2.05, 4.69) is 33.0 Å². The van der Waals surface area contributed by atoms with E-state index in [1.54, 1.807) is 12.1 Å². The zero-order chi connectivity index (χ0) is 14.6. The number of rotatable bonds is 6. The second-order valence-corrected chi connectivity index (χ2v) is 6.38. The predicted octanol–water partition coefficient (Wildman–Crippen LogP) is 5.05. The fraction of sp³-hybridized carbons (Fsp3) is 0.571. The van der Waals surface area contributed by atoms with E-state index < -0.39 is 0 Å². The molecular formula is C14H20Cl3NO. The molecule has 1 aromatic carbocycles. The Morgan fingerprint density at radius 3 is 2.11 bits per heavy atom. The van der Waals surface area contributed by atoms with Crippen LogP contribution in [0.25, 0.3) is 0 Å². The minimum absolute atomic E-state index is 0.0251. The molecule has 108 valence electrons. The number of hydrogen-bond acceptors (Lipinski definition) is 2. The molecule has 0 bridgehead atoms. The maximum Gasteiger partial charge on any atom is 0.139 e. The second kappa shape index (κ2) is 7.58. The molecule has 0 heterocycles. The minimum Gasteiger partial charge on any atom is -0.487 e. The third-order valence-electron chi connectivity index (χ3n) is 2.72. The summed E-state index contributed by atoms with van der Waals surface area (Å²) >= 11 is 18.0. The standard InChI is InChI=1S/C14H20Cl3NO/c1-8(2)14(7-18-9(3)4)19-13-6-11(16)10(15)5-12(13)17/h5-6,8-9,14,18H,7H2,1-4H3. The molecule has 0 spiro atoms. The SMILES string of the molecule is CC(C)NCC(Oc1cc(Cl)c(Cl)cc1Cl)C(C)C. The van der Waals surface area contributed by atoms with E-state index in [0.717, 1.165) is 6.54 Å². The van der Waals surface area contributed by atoms with Crippen molar-refractivity contribution in [2.75, 3.05) is 6.54 Å². The van der Waals surface area contributed by atoms with Crippen LogP contribution in [0.1, 0.15) is 27.7 Å². The molecule has 0 fully saturated rings. The van der Waals surface area contributed by atoms with Crippen LogP contribution in [-0.2, 0) is 0 Å². The van der Waals surface area contributed by atoms with Gasteiger partial charge in [-0.05, 0) is 12.0 Å². The first-order valence-corrected chi connectivity index (χ1v) is 7.49. The Hall–Kier alpha value is -0.150. The summed E-state index contributed by atoms with van der Waals surface area (Å²) < 4.78 is 5.96. The van der Waals surface area contributed by atoms with Crippen molar-refractivity contribution in [2.24, 2.45) is 5.92 Å². The topological polar surface area (TPSA) is 21.3 Å². The summed E-state index contributed by atoms with van der Waals surface area (Å²) in [6.45, 7) is 9.18. The number of ether oxygens (including phenoxy) is 1. The molecule has 2 nitrogen and oxygen atoms in total. The van der Waals surface area contributed by atoms with Gasteiger partial charge in [-0.15, -0.1) is 0 Å². The van der Waals surface area contributed by atoms with E-state index in [4.69, 9.17) is 39.5 Å². The third kappa shape index (κ3) is 5.39. The summed E-state index contributed by atoms with van der Waals surface area (Å²) in [4.78, 5) is 0. The summed E-state index contributed by atoms with van der Waals surface area (Å²) in [5.74, 6) is 0.928. The molecule has 0 saturated carbocycles. The minimum atomic E-state index is 0.0251. The van der Waals surface area contributed by atoms with Crippen LogP contribution in [-0.4, -0.2) is 18.7 Å². The predicted molar refractivity (Wildman–Crippen MR) is 83.9 cm³/mol. The molecule has 1 N–H and O–H groups in total. The van der Waals surface area contributed by atoms with Crippen molar-refractivity contribution in [2.45, 2.75) is 39.8 Å². The first kappa shape index (κ1) is 16.9. The van der Waals surface area contributed by atoms with Crippen LogP contribution in [0.4, 0.5) is 0 Å². The van der Waals surface area contributed by atoms with Gasteiger partial charge in [-0.2, -0.15) is 0 Å². The van der Waals surface area contributed by atoms with Crippen molar-refractivity contribution in [1.29, 1.82) is 0 Å². The van der Waals surface area contributed by atoms with Crippen molar-refractivity contribution in [3.05, 3.63) is 27.2 Å². The Kier molecular flexibility index (Phi) is 6.75. The Labute approximate surface area is 130 Å². The lowest BCUT2D eigenvalue weighted by molar-refractivity contribution is 0.146. The molecule has 1 unspecified atom stereocenters. The van der Waals surface area contributed by atoms with Crippen LogP contribution in [0.5, 0.6) is 5.75 Å². The van der Waals surface area contributed by atoms with Gasteiger partial charge in [0.1, 0.15) is 11.9 Å². The van der Waals surface area contributed by atoms with Gasteiger partial charge in [0.2, 0.25) is 0 Å². The lowest BCUT2D eigenvalue weighted by Crippen LogP contribution is -2.38. The van der Waals surface area contributed by atoms with Crippen molar-refractivity contribution < 1.29 is 4.74 Å². The quantitative estimate of drug-likeness (QED) is 0.739. The maximum absolute atomic E-state index is 6.12. The summed E-state index contributed by atoms with van der Waals surface area (Å²) in [5, 5.41) is 4.72. The number of benzene rings is 1. The number of nitrogens with one attached hydrogen (secondary N) is 1. The molecule has 1 rings (SSSR count). The van der Waals surface area contributed by atoms with Crippen LogP contribution in [0.2, 0.25) is 15.1 Å².